The first-order valence-electron chi connectivity index (χ1n) is 7.20. The zero-order chi connectivity index (χ0) is 13.5. The molecule has 1 saturated carbocycles. The van der Waals surface area contributed by atoms with E-state index in [0.29, 0.717) is 5.92 Å². The molecule has 0 aromatic heterocycles. The Morgan fingerprint density at radius 1 is 1.44 bits per heavy atom. The average Bonchev–Trinajstić information content (AvgIpc) is 2.31. The summed E-state index contributed by atoms with van der Waals surface area (Å²) in [6.07, 6.45) is 5.07. The third kappa shape index (κ3) is 4.94. The Morgan fingerprint density at radius 2 is 2.11 bits per heavy atom. The van der Waals surface area contributed by atoms with E-state index < -0.39 is 0 Å². The zero-order valence-electron chi connectivity index (χ0n) is 12.0. The van der Waals surface area contributed by atoms with Crippen LogP contribution in [-0.4, -0.2) is 48.2 Å². The summed E-state index contributed by atoms with van der Waals surface area (Å²) in [5.41, 5.74) is 0. The maximum atomic E-state index is 11.9. The molecule has 2 N–H and O–H groups in total. The zero-order valence-corrected chi connectivity index (χ0v) is 12.0. The molecular weight excluding hydrogens is 228 g/mol. The van der Waals surface area contributed by atoms with Gasteiger partial charge in [-0.3, -0.25) is 9.69 Å². The number of hydrogen-bond donors (Lipinski definition) is 2. The number of rotatable bonds is 8. The van der Waals surface area contributed by atoms with Crippen molar-refractivity contribution in [3.05, 3.63) is 0 Å². The summed E-state index contributed by atoms with van der Waals surface area (Å²) in [6, 6.07) is -0.0793. The third-order valence-electron chi connectivity index (χ3n) is 3.88. The number of likely N-dealkylation sites (N-methyl/N-ethyl adjacent to an activating group) is 1. The van der Waals surface area contributed by atoms with Gasteiger partial charge in [0, 0.05) is 13.1 Å². The summed E-state index contributed by atoms with van der Waals surface area (Å²) >= 11 is 0. The van der Waals surface area contributed by atoms with E-state index in [1.54, 1.807) is 0 Å². The molecule has 0 bridgehead atoms. The van der Waals surface area contributed by atoms with E-state index >= 15 is 0 Å². The molecule has 4 heteroatoms. The molecule has 1 amide bonds. The predicted molar refractivity (Wildman–Crippen MR) is 73.4 cm³/mol. The minimum atomic E-state index is -0.110. The molecule has 0 radical (unpaired) electrons. The molecule has 18 heavy (non-hydrogen) atoms. The Hall–Kier alpha value is -0.610. The fourth-order valence-electron chi connectivity index (χ4n) is 2.35. The number of hydrogen-bond acceptors (Lipinski definition) is 3. The van der Waals surface area contributed by atoms with Gasteiger partial charge >= 0.3 is 0 Å². The third-order valence-corrected chi connectivity index (χ3v) is 3.88. The fourth-order valence-corrected chi connectivity index (χ4v) is 2.35. The number of aliphatic hydroxyl groups excluding tert-OH is 1. The summed E-state index contributed by atoms with van der Waals surface area (Å²) in [7, 11) is 1.99. The average molecular weight is 256 g/mol. The lowest BCUT2D eigenvalue weighted by atomic mass is 9.82. The Labute approximate surface area is 111 Å². The second-order valence-electron chi connectivity index (χ2n) is 5.60. The van der Waals surface area contributed by atoms with Crippen LogP contribution in [0.3, 0.4) is 0 Å². The Morgan fingerprint density at radius 3 is 2.67 bits per heavy atom. The van der Waals surface area contributed by atoms with Crippen molar-refractivity contribution in [2.75, 3.05) is 20.1 Å². The molecule has 0 heterocycles. The highest BCUT2D eigenvalue weighted by Gasteiger charge is 2.30. The molecule has 1 aliphatic carbocycles. The van der Waals surface area contributed by atoms with Gasteiger partial charge in [-0.2, -0.15) is 0 Å². The van der Waals surface area contributed by atoms with E-state index in [-0.39, 0.29) is 18.1 Å². The van der Waals surface area contributed by atoms with Crippen molar-refractivity contribution in [2.24, 2.45) is 5.92 Å². The number of amides is 1. The SMILES string of the molecule is CCCCCNC(=O)C(C)N(C)CC1CC(O)C1. The van der Waals surface area contributed by atoms with E-state index in [1.807, 2.05) is 14.0 Å². The van der Waals surface area contributed by atoms with Crippen LogP contribution < -0.4 is 5.32 Å². The van der Waals surface area contributed by atoms with Gasteiger partial charge in [-0.05, 0) is 39.2 Å². The highest BCUT2D eigenvalue weighted by Crippen LogP contribution is 2.27. The summed E-state index contributed by atoms with van der Waals surface area (Å²) in [5, 5.41) is 12.2. The molecule has 1 rings (SSSR count). The van der Waals surface area contributed by atoms with Crippen molar-refractivity contribution in [2.45, 2.75) is 58.1 Å². The summed E-state index contributed by atoms with van der Waals surface area (Å²) in [6.45, 7) is 5.79. The molecule has 1 unspecified atom stereocenters. The van der Waals surface area contributed by atoms with Gasteiger partial charge in [0.25, 0.3) is 0 Å². The number of carbonyl (C=O) groups excluding carboxylic acids is 1. The quantitative estimate of drug-likeness (QED) is 0.645. The monoisotopic (exact) mass is 256 g/mol. The lowest BCUT2D eigenvalue weighted by Gasteiger charge is -2.36. The van der Waals surface area contributed by atoms with Crippen molar-refractivity contribution in [3.63, 3.8) is 0 Å². The van der Waals surface area contributed by atoms with Crippen molar-refractivity contribution in [1.29, 1.82) is 0 Å². The minimum absolute atomic E-state index is 0.0793. The molecular formula is C14H28N2O2. The van der Waals surface area contributed by atoms with Crippen LogP contribution in [0.15, 0.2) is 0 Å². The van der Waals surface area contributed by atoms with Crippen LogP contribution in [0.4, 0.5) is 0 Å². The van der Waals surface area contributed by atoms with Crippen LogP contribution in [0.25, 0.3) is 0 Å². The Bertz CT molecular complexity index is 252. The van der Waals surface area contributed by atoms with Gasteiger partial charge < -0.3 is 10.4 Å². The van der Waals surface area contributed by atoms with E-state index in [0.717, 1.165) is 32.4 Å². The van der Waals surface area contributed by atoms with Crippen molar-refractivity contribution >= 4 is 5.91 Å². The van der Waals surface area contributed by atoms with Crippen LogP contribution in [0.1, 0.15) is 46.0 Å². The van der Waals surface area contributed by atoms with Crippen LogP contribution in [0, 0.1) is 5.92 Å². The first-order valence-corrected chi connectivity index (χ1v) is 7.20. The van der Waals surface area contributed by atoms with Crippen molar-refractivity contribution in [3.8, 4) is 0 Å². The van der Waals surface area contributed by atoms with Crippen LogP contribution in [-0.2, 0) is 4.79 Å². The van der Waals surface area contributed by atoms with Gasteiger partial charge in [-0.15, -0.1) is 0 Å². The maximum Gasteiger partial charge on any atom is 0.237 e. The number of unbranched alkanes of at least 4 members (excludes halogenated alkanes) is 2. The lowest BCUT2D eigenvalue weighted by Crippen LogP contribution is -2.47. The van der Waals surface area contributed by atoms with E-state index in [1.165, 1.54) is 12.8 Å². The summed E-state index contributed by atoms with van der Waals surface area (Å²) < 4.78 is 0. The standard InChI is InChI=1S/C14H28N2O2/c1-4-5-6-7-15-14(18)11(2)16(3)10-12-8-13(17)9-12/h11-13,17H,4-10H2,1-3H3,(H,15,18). The van der Waals surface area contributed by atoms with Gasteiger partial charge in [0.1, 0.15) is 0 Å². The minimum Gasteiger partial charge on any atom is -0.393 e. The van der Waals surface area contributed by atoms with Gasteiger partial charge in [-0.1, -0.05) is 19.8 Å². The molecule has 0 spiro atoms. The second kappa shape index (κ2) is 7.74. The molecule has 0 aromatic carbocycles. The van der Waals surface area contributed by atoms with Gasteiger partial charge in [0.05, 0.1) is 12.1 Å². The molecule has 4 nitrogen and oxygen atoms in total. The van der Waals surface area contributed by atoms with Crippen LogP contribution in [0.5, 0.6) is 0 Å². The number of nitrogens with one attached hydrogen (secondary N) is 1. The maximum absolute atomic E-state index is 11.9. The molecule has 0 aromatic rings. The van der Waals surface area contributed by atoms with E-state index in [9.17, 15) is 9.90 Å². The second-order valence-corrected chi connectivity index (χ2v) is 5.60. The van der Waals surface area contributed by atoms with Crippen LogP contribution in [0.2, 0.25) is 0 Å². The van der Waals surface area contributed by atoms with Crippen LogP contribution >= 0.6 is 0 Å². The largest absolute Gasteiger partial charge is 0.393 e. The molecule has 1 fully saturated rings. The predicted octanol–water partition coefficient (Wildman–Crippen LogP) is 1.38. The molecule has 106 valence electrons. The van der Waals surface area contributed by atoms with Gasteiger partial charge in [0.15, 0.2) is 0 Å². The summed E-state index contributed by atoms with van der Waals surface area (Å²) in [5.74, 6) is 0.675. The Balaban J connectivity index is 2.16. The Kier molecular flexibility index (Phi) is 6.65. The normalized spacial score (nSPS) is 24.7. The van der Waals surface area contributed by atoms with Gasteiger partial charge in [0.2, 0.25) is 5.91 Å². The molecule has 0 aliphatic heterocycles. The van der Waals surface area contributed by atoms with E-state index in [4.69, 9.17) is 0 Å². The smallest absolute Gasteiger partial charge is 0.237 e. The first-order chi connectivity index (χ1) is 8.54. The van der Waals surface area contributed by atoms with E-state index in [2.05, 4.69) is 17.1 Å². The number of aliphatic hydroxyl groups is 1. The molecule has 1 aliphatic rings. The fraction of sp³-hybridized carbons (Fsp3) is 0.929. The highest BCUT2D eigenvalue weighted by atomic mass is 16.3. The van der Waals surface area contributed by atoms with Crippen molar-refractivity contribution < 1.29 is 9.90 Å². The highest BCUT2D eigenvalue weighted by molar-refractivity contribution is 5.81. The molecule has 1 atom stereocenters. The first kappa shape index (κ1) is 15.4. The molecule has 0 saturated heterocycles. The lowest BCUT2D eigenvalue weighted by molar-refractivity contribution is -0.125. The number of carbonyl (C=O) groups is 1. The number of nitrogens with zero attached hydrogens (tertiary/aromatic N) is 1. The topological polar surface area (TPSA) is 52.6 Å². The van der Waals surface area contributed by atoms with Gasteiger partial charge in [-0.25, -0.2) is 0 Å². The summed E-state index contributed by atoms with van der Waals surface area (Å²) in [4.78, 5) is 14.0. The van der Waals surface area contributed by atoms with Crippen molar-refractivity contribution in [1.82, 2.24) is 10.2 Å².